The molecule has 8 nitrogen and oxygen atoms in total. The van der Waals surface area contributed by atoms with Crippen molar-refractivity contribution in [3.8, 4) is 17.0 Å². The normalized spacial score (nSPS) is 21.1. The molecule has 2 fully saturated rings. The molecule has 0 saturated carbocycles. The van der Waals surface area contributed by atoms with Gasteiger partial charge in [-0.05, 0) is 43.5 Å². The van der Waals surface area contributed by atoms with Crippen LogP contribution in [0.5, 0.6) is 5.88 Å². The fourth-order valence-corrected chi connectivity index (χ4v) is 5.00. The number of ether oxygens (including phenoxy) is 2. The molecule has 5 rings (SSSR count). The minimum atomic E-state index is -0.113. The molecule has 4 heterocycles. The summed E-state index contributed by atoms with van der Waals surface area (Å²) in [6.45, 7) is 7.45. The summed E-state index contributed by atoms with van der Waals surface area (Å²) in [6.07, 6.45) is 6.09. The van der Waals surface area contributed by atoms with Crippen molar-refractivity contribution in [1.29, 1.82) is 0 Å². The van der Waals surface area contributed by atoms with E-state index in [4.69, 9.17) is 9.47 Å². The van der Waals surface area contributed by atoms with Crippen molar-refractivity contribution in [2.24, 2.45) is 0 Å². The third-order valence-electron chi connectivity index (χ3n) is 6.74. The molecule has 3 atom stereocenters. The molecule has 2 saturated heterocycles. The number of imidazole rings is 1. The van der Waals surface area contributed by atoms with Crippen molar-refractivity contribution in [3.63, 3.8) is 0 Å². The molecule has 0 unspecified atom stereocenters. The predicted octanol–water partition coefficient (Wildman–Crippen LogP) is 3.16. The Hall–Kier alpha value is -3.23. The largest absolute Gasteiger partial charge is 0.478 e. The first kappa shape index (κ1) is 22.6. The van der Waals surface area contributed by atoms with E-state index in [9.17, 15) is 4.79 Å². The van der Waals surface area contributed by atoms with E-state index in [0.29, 0.717) is 43.9 Å². The number of carbonyl (C=O) groups excluding carboxylic acids is 1. The minimum Gasteiger partial charge on any atom is -0.478 e. The highest BCUT2D eigenvalue weighted by molar-refractivity contribution is 5.92. The average Bonchev–Trinajstić information content (AvgIpc) is 3.38. The van der Waals surface area contributed by atoms with Crippen molar-refractivity contribution in [3.05, 3.63) is 66.4 Å². The van der Waals surface area contributed by atoms with Crippen molar-refractivity contribution in [1.82, 2.24) is 24.8 Å². The minimum absolute atomic E-state index is 0.00848. The maximum Gasteiger partial charge on any atom is 0.272 e. The molecular weight excluding hydrogens is 430 g/mol. The Morgan fingerprint density at radius 2 is 2.12 bits per heavy atom. The molecule has 8 heteroatoms. The fraction of sp³-hybridized carbons (Fsp3) is 0.423. The maximum absolute atomic E-state index is 13.5. The molecule has 34 heavy (non-hydrogen) atoms. The molecule has 1 N–H and O–H groups in total. The molecular formula is C26H31N5O3. The highest BCUT2D eigenvalue weighted by Crippen LogP contribution is 2.35. The van der Waals surface area contributed by atoms with Gasteiger partial charge in [-0.2, -0.15) is 0 Å². The molecule has 0 radical (unpaired) electrons. The van der Waals surface area contributed by atoms with Crippen LogP contribution in [0.25, 0.3) is 11.1 Å². The number of benzene rings is 1. The van der Waals surface area contributed by atoms with Gasteiger partial charge >= 0.3 is 0 Å². The Morgan fingerprint density at radius 3 is 3.00 bits per heavy atom. The van der Waals surface area contributed by atoms with Gasteiger partial charge in [-0.3, -0.25) is 4.79 Å². The summed E-state index contributed by atoms with van der Waals surface area (Å²) in [7, 11) is 0. The maximum atomic E-state index is 13.5. The van der Waals surface area contributed by atoms with Gasteiger partial charge in [0, 0.05) is 37.4 Å². The number of aromatic nitrogens is 3. The van der Waals surface area contributed by atoms with E-state index in [1.165, 1.54) is 0 Å². The highest BCUT2D eigenvalue weighted by atomic mass is 16.5. The van der Waals surface area contributed by atoms with Crippen LogP contribution in [0.4, 0.5) is 0 Å². The summed E-state index contributed by atoms with van der Waals surface area (Å²) >= 11 is 0. The quantitative estimate of drug-likeness (QED) is 0.607. The van der Waals surface area contributed by atoms with Crippen LogP contribution in [0.1, 0.15) is 42.4 Å². The van der Waals surface area contributed by atoms with Crippen LogP contribution < -0.4 is 10.1 Å². The Kier molecular flexibility index (Phi) is 6.60. The molecule has 2 aliphatic rings. The van der Waals surface area contributed by atoms with Crippen LogP contribution >= 0.6 is 0 Å². The number of likely N-dealkylation sites (tertiary alicyclic amines) is 1. The van der Waals surface area contributed by atoms with Crippen LogP contribution in [0.3, 0.4) is 0 Å². The Balaban J connectivity index is 1.43. The smallest absolute Gasteiger partial charge is 0.272 e. The van der Waals surface area contributed by atoms with E-state index in [-0.39, 0.29) is 18.1 Å². The number of amides is 1. The number of nitrogens with zero attached hydrogens (tertiary/aromatic N) is 4. The van der Waals surface area contributed by atoms with Crippen LogP contribution in [-0.2, 0) is 4.74 Å². The Labute approximate surface area is 199 Å². The third-order valence-corrected chi connectivity index (χ3v) is 6.74. The van der Waals surface area contributed by atoms with Crippen LogP contribution in [0.2, 0.25) is 0 Å². The zero-order valence-electron chi connectivity index (χ0n) is 19.7. The number of nitrogens with one attached hydrogen (secondary N) is 1. The second-order valence-corrected chi connectivity index (χ2v) is 8.75. The lowest BCUT2D eigenvalue weighted by atomic mass is 9.95. The summed E-state index contributed by atoms with van der Waals surface area (Å²) in [6, 6.07) is 12.3. The molecule has 3 aromatic rings. The molecule has 178 valence electrons. The zero-order chi connectivity index (χ0) is 23.5. The van der Waals surface area contributed by atoms with E-state index >= 15 is 0 Å². The molecule has 1 amide bonds. The first-order valence-electron chi connectivity index (χ1n) is 12.0. The topological polar surface area (TPSA) is 81.5 Å². The molecule has 2 aliphatic heterocycles. The average molecular weight is 462 g/mol. The van der Waals surface area contributed by atoms with Crippen LogP contribution in [0.15, 0.2) is 55.1 Å². The number of carbonyl (C=O) groups is 1. The van der Waals surface area contributed by atoms with E-state index in [0.717, 1.165) is 29.7 Å². The van der Waals surface area contributed by atoms with Gasteiger partial charge in [0.2, 0.25) is 5.88 Å². The molecule has 0 spiro atoms. The molecule has 1 aromatic carbocycles. The van der Waals surface area contributed by atoms with Crippen molar-refractivity contribution in [2.75, 3.05) is 32.8 Å². The van der Waals surface area contributed by atoms with Crippen molar-refractivity contribution < 1.29 is 14.3 Å². The summed E-state index contributed by atoms with van der Waals surface area (Å²) in [4.78, 5) is 24.2. The number of hydrogen-bond acceptors (Lipinski definition) is 6. The van der Waals surface area contributed by atoms with Crippen LogP contribution in [0, 0.1) is 0 Å². The lowest BCUT2D eigenvalue weighted by Gasteiger charge is -2.41. The van der Waals surface area contributed by atoms with E-state index in [1.54, 1.807) is 18.7 Å². The Morgan fingerprint density at radius 1 is 1.26 bits per heavy atom. The fourth-order valence-electron chi connectivity index (χ4n) is 5.00. The van der Waals surface area contributed by atoms with Gasteiger partial charge in [0.1, 0.15) is 5.69 Å². The van der Waals surface area contributed by atoms with E-state index in [2.05, 4.69) is 34.3 Å². The number of piperidine rings is 1. The third kappa shape index (κ3) is 4.31. The van der Waals surface area contributed by atoms with Gasteiger partial charge in [-0.1, -0.05) is 24.3 Å². The first-order valence-corrected chi connectivity index (χ1v) is 12.0. The first-order chi connectivity index (χ1) is 16.7. The van der Waals surface area contributed by atoms with Crippen molar-refractivity contribution >= 4 is 5.91 Å². The van der Waals surface area contributed by atoms with Gasteiger partial charge in [0.15, 0.2) is 0 Å². The van der Waals surface area contributed by atoms with E-state index < -0.39 is 0 Å². The number of morpholine rings is 1. The number of rotatable bonds is 6. The number of fused-ring (bicyclic) bond motifs is 1. The molecule has 2 aromatic heterocycles. The number of pyridine rings is 1. The van der Waals surface area contributed by atoms with Gasteiger partial charge in [-0.25, -0.2) is 9.97 Å². The standard InChI is InChI=1S/C26H31N5O3/c1-3-33-25-21(9-6-11-29-25)20-8-5-4-7-19(20)18(2)31-17-27-15-23(31)26(32)30-13-10-22-24(16-30)34-14-12-28-22/h4-9,11,15,17-18,22,24,28H,3,10,12-14,16H2,1-2H3/t18-,22+,24+/m0/s1. The van der Waals surface area contributed by atoms with Gasteiger partial charge in [0.25, 0.3) is 5.91 Å². The van der Waals surface area contributed by atoms with Crippen LogP contribution in [-0.4, -0.2) is 70.3 Å². The lowest BCUT2D eigenvalue weighted by Crippen LogP contribution is -2.58. The van der Waals surface area contributed by atoms with E-state index in [1.807, 2.05) is 40.7 Å². The summed E-state index contributed by atoms with van der Waals surface area (Å²) in [5.74, 6) is 0.599. The van der Waals surface area contributed by atoms with Crippen molar-refractivity contribution in [2.45, 2.75) is 38.5 Å². The summed E-state index contributed by atoms with van der Waals surface area (Å²) in [5.41, 5.74) is 3.62. The summed E-state index contributed by atoms with van der Waals surface area (Å²) < 4.78 is 13.7. The second-order valence-electron chi connectivity index (χ2n) is 8.75. The summed E-state index contributed by atoms with van der Waals surface area (Å²) in [5, 5.41) is 3.51. The second kappa shape index (κ2) is 9.95. The van der Waals surface area contributed by atoms with Gasteiger partial charge in [0.05, 0.1) is 37.9 Å². The highest BCUT2D eigenvalue weighted by Gasteiger charge is 2.35. The SMILES string of the molecule is CCOc1ncccc1-c1ccccc1[C@H](C)n1cncc1C(=O)N1CC[C@H]2NCCO[C@@H]2C1. The van der Waals surface area contributed by atoms with Gasteiger partial charge in [-0.15, -0.1) is 0 Å². The predicted molar refractivity (Wildman–Crippen MR) is 129 cm³/mol. The number of hydrogen-bond donors (Lipinski definition) is 1. The Bertz CT molecular complexity index is 1150. The zero-order valence-corrected chi connectivity index (χ0v) is 19.7. The monoisotopic (exact) mass is 461 g/mol. The van der Waals surface area contributed by atoms with Gasteiger partial charge < -0.3 is 24.3 Å². The molecule has 0 bridgehead atoms. The molecule has 0 aliphatic carbocycles. The lowest BCUT2D eigenvalue weighted by molar-refractivity contribution is -0.0417.